The van der Waals surface area contributed by atoms with Gasteiger partial charge in [-0.15, -0.1) is 0 Å². The van der Waals surface area contributed by atoms with Gasteiger partial charge in [0.2, 0.25) is 0 Å². The molecule has 1 aliphatic carbocycles. The molecule has 0 aliphatic heterocycles. The second kappa shape index (κ2) is 4.44. The summed E-state index contributed by atoms with van der Waals surface area (Å²) in [7, 11) is 1.94. The molecule has 0 radical (unpaired) electrons. The van der Waals surface area contributed by atoms with Crippen LogP contribution in [0, 0.1) is 3.70 Å². The third-order valence-electron chi connectivity index (χ3n) is 3.32. The first-order valence-corrected chi connectivity index (χ1v) is 6.94. The van der Waals surface area contributed by atoms with E-state index in [1.807, 2.05) is 17.9 Å². The lowest BCUT2D eigenvalue weighted by atomic mass is 9.83. The van der Waals surface area contributed by atoms with Crippen LogP contribution in [0.3, 0.4) is 0 Å². The highest BCUT2D eigenvalue weighted by atomic mass is 127. The van der Waals surface area contributed by atoms with E-state index in [-0.39, 0.29) is 0 Å². The highest BCUT2D eigenvalue weighted by Crippen LogP contribution is 2.35. The fourth-order valence-corrected chi connectivity index (χ4v) is 2.80. The molecule has 90 valence electrons. The van der Waals surface area contributed by atoms with Gasteiger partial charge in [0, 0.05) is 37.2 Å². The second-order valence-electron chi connectivity index (χ2n) is 4.64. The average Bonchev–Trinajstić information content (AvgIpc) is 2.73. The van der Waals surface area contributed by atoms with Crippen LogP contribution in [-0.2, 0) is 13.5 Å². The highest BCUT2D eigenvalue weighted by Gasteiger charge is 2.23. The summed E-state index contributed by atoms with van der Waals surface area (Å²) in [6, 6.07) is 2.10. The molecule has 4 nitrogen and oxygen atoms in total. The van der Waals surface area contributed by atoms with Crippen LogP contribution in [0.15, 0.2) is 16.8 Å². The minimum Gasteiger partial charge on any atom is -0.361 e. The van der Waals surface area contributed by atoms with Crippen LogP contribution in [0.5, 0.6) is 0 Å². The van der Waals surface area contributed by atoms with Crippen LogP contribution in [0.4, 0.5) is 0 Å². The van der Waals surface area contributed by atoms with E-state index in [0.717, 1.165) is 21.6 Å². The molecule has 0 atom stereocenters. The van der Waals surface area contributed by atoms with E-state index in [1.54, 1.807) is 0 Å². The van der Waals surface area contributed by atoms with E-state index in [0.29, 0.717) is 5.92 Å². The van der Waals surface area contributed by atoms with Crippen LogP contribution >= 0.6 is 22.6 Å². The maximum Gasteiger partial charge on any atom is 0.141 e. The molecule has 17 heavy (non-hydrogen) atoms. The van der Waals surface area contributed by atoms with Gasteiger partial charge in [0.1, 0.15) is 9.46 Å². The Bertz CT molecular complexity index is 528. The summed E-state index contributed by atoms with van der Waals surface area (Å²) < 4.78 is 8.27. The van der Waals surface area contributed by atoms with Gasteiger partial charge in [-0.2, -0.15) is 5.10 Å². The fourth-order valence-electron chi connectivity index (χ4n) is 2.13. The Morgan fingerprint density at radius 2 is 2.35 bits per heavy atom. The summed E-state index contributed by atoms with van der Waals surface area (Å²) in [5.41, 5.74) is 2.33. The number of aromatic nitrogens is 3. The van der Waals surface area contributed by atoms with Gasteiger partial charge in [-0.3, -0.25) is 4.68 Å². The monoisotopic (exact) mass is 343 g/mol. The summed E-state index contributed by atoms with van der Waals surface area (Å²) in [5.74, 6) is 1.58. The third-order valence-corrected chi connectivity index (χ3v) is 4.23. The molecular formula is C12H14IN3O. The predicted octanol–water partition coefficient (Wildman–Crippen LogP) is 2.87. The maximum absolute atomic E-state index is 5.40. The molecule has 5 heteroatoms. The summed E-state index contributed by atoms with van der Waals surface area (Å²) in [4.78, 5) is 0. The predicted molar refractivity (Wildman–Crippen MR) is 71.8 cm³/mol. The molecule has 0 bridgehead atoms. The van der Waals surface area contributed by atoms with Crippen molar-refractivity contribution in [1.82, 2.24) is 14.9 Å². The number of nitrogens with zero attached hydrogens (tertiary/aromatic N) is 3. The molecule has 0 amide bonds. The van der Waals surface area contributed by atoms with Crippen molar-refractivity contribution in [2.24, 2.45) is 7.05 Å². The first kappa shape index (κ1) is 11.3. The largest absolute Gasteiger partial charge is 0.361 e. The van der Waals surface area contributed by atoms with Crippen molar-refractivity contribution in [1.29, 1.82) is 0 Å². The second-order valence-corrected chi connectivity index (χ2v) is 5.66. The molecular weight excluding hydrogens is 329 g/mol. The summed E-state index contributed by atoms with van der Waals surface area (Å²) in [5, 5.41) is 8.48. The average molecular weight is 343 g/mol. The lowest BCUT2D eigenvalue weighted by Gasteiger charge is -2.22. The summed E-state index contributed by atoms with van der Waals surface area (Å²) in [6.45, 7) is 0. The van der Waals surface area contributed by atoms with Crippen molar-refractivity contribution in [2.75, 3.05) is 0 Å². The Balaban J connectivity index is 1.76. The van der Waals surface area contributed by atoms with Gasteiger partial charge in [0.25, 0.3) is 0 Å². The number of aryl methyl sites for hydroxylation is 1. The number of rotatable bonds is 3. The molecule has 0 unspecified atom stereocenters. The Kier molecular flexibility index (Phi) is 2.94. The van der Waals surface area contributed by atoms with Gasteiger partial charge >= 0.3 is 0 Å². The zero-order valence-electron chi connectivity index (χ0n) is 9.69. The molecule has 0 N–H and O–H groups in total. The maximum atomic E-state index is 5.40. The van der Waals surface area contributed by atoms with Crippen LogP contribution < -0.4 is 0 Å². The third kappa shape index (κ3) is 2.25. The molecule has 1 aliphatic rings. The molecule has 0 spiro atoms. The zero-order valence-corrected chi connectivity index (χ0v) is 11.8. The van der Waals surface area contributed by atoms with Gasteiger partial charge < -0.3 is 4.52 Å². The van der Waals surface area contributed by atoms with Crippen molar-refractivity contribution < 1.29 is 4.52 Å². The van der Waals surface area contributed by atoms with Gasteiger partial charge in [0.05, 0.1) is 5.69 Å². The minimum absolute atomic E-state index is 0.639. The van der Waals surface area contributed by atoms with E-state index in [9.17, 15) is 0 Å². The molecule has 1 fully saturated rings. The normalized spacial score (nSPS) is 16.1. The summed E-state index contributed by atoms with van der Waals surface area (Å²) >= 11 is 2.25. The Morgan fingerprint density at radius 3 is 2.94 bits per heavy atom. The molecule has 0 saturated heterocycles. The van der Waals surface area contributed by atoms with E-state index in [4.69, 9.17) is 4.52 Å². The first-order valence-electron chi connectivity index (χ1n) is 5.86. The van der Waals surface area contributed by atoms with Crippen molar-refractivity contribution in [3.8, 4) is 0 Å². The smallest absolute Gasteiger partial charge is 0.141 e. The van der Waals surface area contributed by atoms with Crippen molar-refractivity contribution >= 4 is 22.6 Å². The topological polar surface area (TPSA) is 43.9 Å². The minimum atomic E-state index is 0.639. The Hall–Kier alpha value is -0.850. The SMILES string of the molecule is Cn1cc(Cc2cc(C3CCC3)no2)c(I)n1. The molecule has 0 aromatic carbocycles. The van der Waals surface area contributed by atoms with Crippen molar-refractivity contribution in [3.05, 3.63) is 33.0 Å². The zero-order chi connectivity index (χ0) is 11.8. The van der Waals surface area contributed by atoms with Gasteiger partial charge in [-0.25, -0.2) is 0 Å². The van der Waals surface area contributed by atoms with Crippen LogP contribution in [0.2, 0.25) is 0 Å². The van der Waals surface area contributed by atoms with Crippen LogP contribution in [-0.4, -0.2) is 14.9 Å². The highest BCUT2D eigenvalue weighted by molar-refractivity contribution is 14.1. The van der Waals surface area contributed by atoms with Crippen molar-refractivity contribution in [3.63, 3.8) is 0 Å². The molecule has 2 heterocycles. The lowest BCUT2D eigenvalue weighted by molar-refractivity contribution is 0.350. The standard InChI is InChI=1S/C12H14IN3O/c1-16-7-9(12(13)14-16)5-10-6-11(15-17-10)8-3-2-4-8/h6-8H,2-5H2,1H3. The van der Waals surface area contributed by atoms with E-state index in [1.165, 1.54) is 24.8 Å². The quantitative estimate of drug-likeness (QED) is 0.805. The molecule has 1 saturated carbocycles. The van der Waals surface area contributed by atoms with Crippen LogP contribution in [0.1, 0.15) is 42.2 Å². The Labute approximate surface area is 114 Å². The first-order chi connectivity index (χ1) is 8.22. The van der Waals surface area contributed by atoms with Crippen molar-refractivity contribution in [2.45, 2.75) is 31.6 Å². The van der Waals surface area contributed by atoms with Gasteiger partial charge in [0.15, 0.2) is 0 Å². The van der Waals surface area contributed by atoms with Crippen LogP contribution in [0.25, 0.3) is 0 Å². The van der Waals surface area contributed by atoms with Gasteiger partial charge in [-0.05, 0) is 35.4 Å². The molecule has 2 aromatic rings. The number of hydrogen-bond acceptors (Lipinski definition) is 3. The fraction of sp³-hybridized carbons (Fsp3) is 0.500. The van der Waals surface area contributed by atoms with E-state index >= 15 is 0 Å². The molecule has 3 rings (SSSR count). The summed E-state index contributed by atoms with van der Waals surface area (Å²) in [6.07, 6.45) is 6.67. The molecule has 2 aromatic heterocycles. The Morgan fingerprint density at radius 1 is 1.53 bits per heavy atom. The number of hydrogen-bond donors (Lipinski definition) is 0. The van der Waals surface area contributed by atoms with E-state index < -0.39 is 0 Å². The lowest BCUT2D eigenvalue weighted by Crippen LogP contribution is -2.08. The van der Waals surface area contributed by atoms with E-state index in [2.05, 4.69) is 38.9 Å². The van der Waals surface area contributed by atoms with Gasteiger partial charge in [-0.1, -0.05) is 11.6 Å². The number of halogens is 1.